The molecule has 108 valence electrons. The van der Waals surface area contributed by atoms with Crippen molar-refractivity contribution in [3.8, 4) is 11.5 Å². The highest BCUT2D eigenvalue weighted by molar-refractivity contribution is 5.96. The number of carbonyl (C=O) groups excluding carboxylic acids is 1. The molecule has 2 aromatic carbocycles. The predicted molar refractivity (Wildman–Crippen MR) is 80.9 cm³/mol. The molecule has 0 bridgehead atoms. The molecule has 0 aliphatic carbocycles. The molecule has 1 aliphatic rings. The number of ether oxygens (including phenoxy) is 2. The Kier molecular flexibility index (Phi) is 3.52. The van der Waals surface area contributed by atoms with Gasteiger partial charge < -0.3 is 14.8 Å². The summed E-state index contributed by atoms with van der Waals surface area (Å²) in [4.78, 5) is 12.4. The summed E-state index contributed by atoms with van der Waals surface area (Å²) in [6, 6.07) is 13.3. The van der Waals surface area contributed by atoms with Crippen LogP contribution in [0.2, 0.25) is 0 Å². The standard InChI is InChI=1S/C17H17NO3/c1-11-6-5-7-12(2)16(11)18-17(19)15-10-20-13-8-3-4-9-14(13)21-15/h3-9,15H,10H2,1-2H3,(H,18,19)/t15-/m0/s1. The molecule has 3 rings (SSSR count). The number of fused-ring (bicyclic) bond motifs is 1. The van der Waals surface area contributed by atoms with Gasteiger partial charge in [0.25, 0.3) is 5.91 Å². The van der Waals surface area contributed by atoms with Gasteiger partial charge in [0.1, 0.15) is 6.61 Å². The maximum atomic E-state index is 12.4. The smallest absolute Gasteiger partial charge is 0.269 e. The Bertz CT molecular complexity index is 661. The Morgan fingerprint density at radius 3 is 2.43 bits per heavy atom. The Hall–Kier alpha value is -2.49. The Balaban J connectivity index is 1.76. The molecular weight excluding hydrogens is 266 g/mol. The van der Waals surface area contributed by atoms with Crippen molar-refractivity contribution in [3.05, 3.63) is 53.6 Å². The third kappa shape index (κ3) is 2.70. The van der Waals surface area contributed by atoms with E-state index in [4.69, 9.17) is 9.47 Å². The van der Waals surface area contributed by atoms with Crippen molar-refractivity contribution in [3.63, 3.8) is 0 Å². The first-order valence-corrected chi connectivity index (χ1v) is 6.91. The molecule has 1 N–H and O–H groups in total. The summed E-state index contributed by atoms with van der Waals surface area (Å²) in [5.74, 6) is 1.08. The SMILES string of the molecule is Cc1cccc(C)c1NC(=O)[C@@H]1COc2ccccc2O1. The van der Waals surface area contributed by atoms with Gasteiger partial charge in [-0.25, -0.2) is 0 Å². The van der Waals surface area contributed by atoms with Gasteiger partial charge in [-0.05, 0) is 37.1 Å². The third-order valence-electron chi connectivity index (χ3n) is 3.53. The second-order valence-electron chi connectivity index (χ2n) is 5.12. The van der Waals surface area contributed by atoms with Gasteiger partial charge in [0.05, 0.1) is 0 Å². The maximum absolute atomic E-state index is 12.4. The number of anilines is 1. The zero-order valence-electron chi connectivity index (χ0n) is 12.1. The van der Waals surface area contributed by atoms with Crippen LogP contribution in [-0.4, -0.2) is 18.6 Å². The minimum Gasteiger partial charge on any atom is -0.485 e. The van der Waals surface area contributed by atoms with E-state index in [1.165, 1.54) is 0 Å². The lowest BCUT2D eigenvalue weighted by Crippen LogP contribution is -2.40. The van der Waals surface area contributed by atoms with Crippen molar-refractivity contribution < 1.29 is 14.3 Å². The van der Waals surface area contributed by atoms with Crippen LogP contribution >= 0.6 is 0 Å². The zero-order chi connectivity index (χ0) is 14.8. The van der Waals surface area contributed by atoms with Gasteiger partial charge in [-0.1, -0.05) is 30.3 Å². The first-order chi connectivity index (χ1) is 10.1. The molecule has 0 unspecified atom stereocenters. The number of hydrogen-bond donors (Lipinski definition) is 1. The number of nitrogens with one attached hydrogen (secondary N) is 1. The number of para-hydroxylation sites is 3. The summed E-state index contributed by atoms with van der Waals surface area (Å²) in [7, 11) is 0. The lowest BCUT2D eigenvalue weighted by molar-refractivity contribution is -0.125. The van der Waals surface area contributed by atoms with Crippen LogP contribution in [0.3, 0.4) is 0 Å². The second-order valence-corrected chi connectivity index (χ2v) is 5.12. The van der Waals surface area contributed by atoms with Crippen molar-refractivity contribution in [2.45, 2.75) is 20.0 Å². The number of benzene rings is 2. The second kappa shape index (κ2) is 5.48. The number of amides is 1. The first-order valence-electron chi connectivity index (χ1n) is 6.91. The van der Waals surface area contributed by atoms with Crippen molar-refractivity contribution in [1.29, 1.82) is 0 Å². The van der Waals surface area contributed by atoms with E-state index in [1.807, 2.05) is 50.2 Å². The topological polar surface area (TPSA) is 47.6 Å². The Labute approximate surface area is 123 Å². The van der Waals surface area contributed by atoms with Gasteiger partial charge in [-0.3, -0.25) is 4.79 Å². The van der Waals surface area contributed by atoms with Crippen molar-refractivity contribution in [2.75, 3.05) is 11.9 Å². The predicted octanol–water partition coefficient (Wildman–Crippen LogP) is 3.08. The number of rotatable bonds is 2. The normalized spacial score (nSPS) is 16.4. The molecule has 1 amide bonds. The maximum Gasteiger partial charge on any atom is 0.269 e. The molecular formula is C17H17NO3. The van der Waals surface area contributed by atoms with Gasteiger partial charge in [0.2, 0.25) is 6.10 Å². The van der Waals surface area contributed by atoms with E-state index in [9.17, 15) is 4.79 Å². The molecule has 4 heteroatoms. The van der Waals surface area contributed by atoms with Crippen LogP contribution in [0.15, 0.2) is 42.5 Å². The van der Waals surface area contributed by atoms with Crippen LogP contribution in [0, 0.1) is 13.8 Å². The molecule has 0 fully saturated rings. The van der Waals surface area contributed by atoms with Crippen LogP contribution in [-0.2, 0) is 4.79 Å². The van der Waals surface area contributed by atoms with E-state index in [-0.39, 0.29) is 12.5 Å². The highest BCUT2D eigenvalue weighted by atomic mass is 16.6. The fourth-order valence-electron chi connectivity index (χ4n) is 2.36. The molecule has 0 saturated carbocycles. The Morgan fingerprint density at radius 1 is 1.05 bits per heavy atom. The van der Waals surface area contributed by atoms with E-state index in [2.05, 4.69) is 5.32 Å². The minimum absolute atomic E-state index is 0.193. The average molecular weight is 283 g/mol. The minimum atomic E-state index is -0.640. The molecule has 1 atom stereocenters. The summed E-state index contributed by atoms with van der Waals surface area (Å²) in [5.41, 5.74) is 2.89. The van der Waals surface area contributed by atoms with Gasteiger partial charge >= 0.3 is 0 Å². The molecule has 4 nitrogen and oxygen atoms in total. The quantitative estimate of drug-likeness (QED) is 0.921. The van der Waals surface area contributed by atoms with Gasteiger partial charge in [0.15, 0.2) is 11.5 Å². The molecule has 0 saturated heterocycles. The number of carbonyl (C=O) groups is 1. The first kappa shape index (κ1) is 13.5. The number of hydrogen-bond acceptors (Lipinski definition) is 3. The summed E-state index contributed by atoms with van der Waals surface area (Å²) < 4.78 is 11.3. The molecule has 0 radical (unpaired) electrons. The third-order valence-corrected chi connectivity index (χ3v) is 3.53. The van der Waals surface area contributed by atoms with Gasteiger partial charge in [-0.2, -0.15) is 0 Å². The lowest BCUT2D eigenvalue weighted by Gasteiger charge is -2.26. The van der Waals surface area contributed by atoms with Crippen LogP contribution in [0.25, 0.3) is 0 Å². The van der Waals surface area contributed by atoms with Crippen LogP contribution in [0.1, 0.15) is 11.1 Å². The summed E-state index contributed by atoms with van der Waals surface area (Å²) in [5, 5.41) is 2.94. The van der Waals surface area contributed by atoms with Crippen LogP contribution in [0.5, 0.6) is 11.5 Å². The molecule has 2 aromatic rings. The lowest BCUT2D eigenvalue weighted by atomic mass is 10.1. The van der Waals surface area contributed by atoms with E-state index in [1.54, 1.807) is 6.07 Å². The van der Waals surface area contributed by atoms with Gasteiger partial charge in [0, 0.05) is 5.69 Å². The van der Waals surface area contributed by atoms with Crippen LogP contribution in [0.4, 0.5) is 5.69 Å². The van der Waals surface area contributed by atoms with Crippen molar-refractivity contribution >= 4 is 11.6 Å². The fraction of sp³-hybridized carbons (Fsp3) is 0.235. The van der Waals surface area contributed by atoms with E-state index >= 15 is 0 Å². The summed E-state index contributed by atoms with van der Waals surface area (Å²) in [6.45, 7) is 4.15. The molecule has 1 heterocycles. The zero-order valence-corrected chi connectivity index (χ0v) is 12.1. The molecule has 21 heavy (non-hydrogen) atoms. The van der Waals surface area contributed by atoms with Crippen molar-refractivity contribution in [2.24, 2.45) is 0 Å². The molecule has 0 spiro atoms. The van der Waals surface area contributed by atoms with Crippen molar-refractivity contribution in [1.82, 2.24) is 0 Å². The van der Waals surface area contributed by atoms with E-state index in [0.29, 0.717) is 11.5 Å². The molecule has 1 aliphatic heterocycles. The fourth-order valence-corrected chi connectivity index (χ4v) is 2.36. The van der Waals surface area contributed by atoms with E-state index in [0.717, 1.165) is 16.8 Å². The summed E-state index contributed by atoms with van der Waals surface area (Å²) in [6.07, 6.45) is -0.640. The monoisotopic (exact) mass is 283 g/mol. The number of aryl methyl sites for hydroxylation is 2. The highest BCUT2D eigenvalue weighted by Gasteiger charge is 2.27. The highest BCUT2D eigenvalue weighted by Crippen LogP contribution is 2.31. The van der Waals surface area contributed by atoms with Crippen LogP contribution < -0.4 is 14.8 Å². The largest absolute Gasteiger partial charge is 0.485 e. The molecule has 0 aromatic heterocycles. The van der Waals surface area contributed by atoms with Gasteiger partial charge in [-0.15, -0.1) is 0 Å². The van der Waals surface area contributed by atoms with E-state index < -0.39 is 6.10 Å². The Morgan fingerprint density at radius 2 is 1.71 bits per heavy atom. The average Bonchev–Trinajstić information content (AvgIpc) is 2.50. The summed E-state index contributed by atoms with van der Waals surface area (Å²) >= 11 is 0.